The van der Waals surface area contributed by atoms with Crippen molar-refractivity contribution in [3.05, 3.63) is 77.1 Å². The molecule has 126 valence electrons. The van der Waals surface area contributed by atoms with Crippen LogP contribution in [0.2, 0.25) is 0 Å². The summed E-state index contributed by atoms with van der Waals surface area (Å²) in [5.41, 5.74) is 3.29. The van der Waals surface area contributed by atoms with Crippen LogP contribution in [0, 0.1) is 5.82 Å². The predicted octanol–water partition coefficient (Wildman–Crippen LogP) is 3.89. The van der Waals surface area contributed by atoms with Gasteiger partial charge in [-0.2, -0.15) is 0 Å². The van der Waals surface area contributed by atoms with E-state index in [-0.39, 0.29) is 18.3 Å². The summed E-state index contributed by atoms with van der Waals surface area (Å²) in [4.78, 5) is 12.5. The Kier molecular flexibility index (Phi) is 4.10. The Morgan fingerprint density at radius 1 is 1.00 bits per heavy atom. The van der Waals surface area contributed by atoms with Crippen molar-refractivity contribution >= 4 is 16.7 Å². The number of para-hydroxylation sites is 1. The maximum Gasteiger partial charge on any atom is 0.252 e. The first-order valence-electron chi connectivity index (χ1n) is 8.43. The molecule has 25 heavy (non-hydrogen) atoms. The molecule has 0 spiro atoms. The van der Waals surface area contributed by atoms with Crippen molar-refractivity contribution < 1.29 is 13.9 Å². The van der Waals surface area contributed by atoms with E-state index in [0.29, 0.717) is 12.1 Å². The molecule has 1 aliphatic carbocycles. The van der Waals surface area contributed by atoms with Gasteiger partial charge in [-0.3, -0.25) is 4.79 Å². The Hall–Kier alpha value is -2.88. The summed E-state index contributed by atoms with van der Waals surface area (Å²) in [5.74, 6) is -0.337. The summed E-state index contributed by atoms with van der Waals surface area (Å²) in [6.07, 6.45) is 2.07. The first-order chi connectivity index (χ1) is 12.2. The van der Waals surface area contributed by atoms with Gasteiger partial charge in [0.05, 0.1) is 6.54 Å². The van der Waals surface area contributed by atoms with Gasteiger partial charge in [0.15, 0.2) is 11.6 Å². The zero-order valence-electron chi connectivity index (χ0n) is 13.7. The third-order valence-corrected chi connectivity index (χ3v) is 4.60. The third kappa shape index (κ3) is 2.95. The minimum absolute atomic E-state index is 0.132. The van der Waals surface area contributed by atoms with Gasteiger partial charge in [-0.05, 0) is 52.9 Å². The SMILES string of the molecule is O=C(NCCOc1ccccc1F)c1ccc2c3c(cccc13)CC2. The average Bonchev–Trinajstić information content (AvgIpc) is 3.05. The molecule has 0 fully saturated rings. The highest BCUT2D eigenvalue weighted by Crippen LogP contribution is 2.32. The highest BCUT2D eigenvalue weighted by molar-refractivity contribution is 6.09. The maximum absolute atomic E-state index is 13.5. The molecule has 0 saturated carbocycles. The largest absolute Gasteiger partial charge is 0.489 e. The lowest BCUT2D eigenvalue weighted by Crippen LogP contribution is -2.28. The second-order valence-electron chi connectivity index (χ2n) is 6.15. The molecule has 4 rings (SSSR count). The fourth-order valence-corrected chi connectivity index (χ4v) is 3.43. The number of halogens is 1. The van der Waals surface area contributed by atoms with Crippen LogP contribution < -0.4 is 10.1 Å². The second kappa shape index (κ2) is 6.55. The van der Waals surface area contributed by atoms with E-state index in [4.69, 9.17) is 4.74 Å². The molecule has 3 aromatic rings. The number of hydrogen-bond acceptors (Lipinski definition) is 2. The molecule has 1 N–H and O–H groups in total. The van der Waals surface area contributed by atoms with Crippen LogP contribution in [0.3, 0.4) is 0 Å². The van der Waals surface area contributed by atoms with Gasteiger partial charge >= 0.3 is 0 Å². The normalized spacial score (nSPS) is 12.4. The van der Waals surface area contributed by atoms with Gasteiger partial charge < -0.3 is 10.1 Å². The molecule has 0 bridgehead atoms. The van der Waals surface area contributed by atoms with Crippen LogP contribution in [0.4, 0.5) is 4.39 Å². The van der Waals surface area contributed by atoms with Crippen molar-refractivity contribution in [1.82, 2.24) is 5.32 Å². The number of amides is 1. The summed E-state index contributed by atoms with van der Waals surface area (Å²) in [7, 11) is 0. The fourth-order valence-electron chi connectivity index (χ4n) is 3.43. The minimum Gasteiger partial charge on any atom is -0.489 e. The van der Waals surface area contributed by atoms with Gasteiger partial charge in [-0.1, -0.05) is 36.4 Å². The van der Waals surface area contributed by atoms with Crippen LogP contribution in [-0.2, 0) is 12.8 Å². The van der Waals surface area contributed by atoms with E-state index in [9.17, 15) is 9.18 Å². The molecule has 0 saturated heterocycles. The van der Waals surface area contributed by atoms with Crippen molar-refractivity contribution in [3.8, 4) is 5.75 Å². The number of ether oxygens (including phenoxy) is 1. The zero-order chi connectivity index (χ0) is 17.2. The van der Waals surface area contributed by atoms with Crippen LogP contribution >= 0.6 is 0 Å². The molecule has 0 aromatic heterocycles. The third-order valence-electron chi connectivity index (χ3n) is 4.60. The van der Waals surface area contributed by atoms with Crippen LogP contribution in [0.5, 0.6) is 5.75 Å². The van der Waals surface area contributed by atoms with Gasteiger partial charge in [0.2, 0.25) is 0 Å². The molecule has 0 radical (unpaired) electrons. The number of carbonyl (C=O) groups excluding carboxylic acids is 1. The van der Waals surface area contributed by atoms with E-state index in [1.54, 1.807) is 18.2 Å². The molecule has 3 aromatic carbocycles. The Morgan fingerprint density at radius 2 is 1.80 bits per heavy atom. The van der Waals surface area contributed by atoms with E-state index in [1.165, 1.54) is 22.6 Å². The van der Waals surface area contributed by atoms with Crippen molar-refractivity contribution in [2.45, 2.75) is 12.8 Å². The number of aryl methyl sites for hydroxylation is 2. The van der Waals surface area contributed by atoms with Crippen molar-refractivity contribution in [2.75, 3.05) is 13.2 Å². The predicted molar refractivity (Wildman–Crippen MR) is 95.6 cm³/mol. The highest BCUT2D eigenvalue weighted by Gasteiger charge is 2.18. The Balaban J connectivity index is 1.44. The van der Waals surface area contributed by atoms with Crippen LogP contribution in [0.1, 0.15) is 21.5 Å². The maximum atomic E-state index is 13.5. The van der Waals surface area contributed by atoms with Crippen LogP contribution in [0.15, 0.2) is 54.6 Å². The molecule has 0 heterocycles. The van der Waals surface area contributed by atoms with Gasteiger partial charge in [0, 0.05) is 5.56 Å². The van der Waals surface area contributed by atoms with E-state index >= 15 is 0 Å². The van der Waals surface area contributed by atoms with Gasteiger partial charge in [0.1, 0.15) is 6.61 Å². The smallest absolute Gasteiger partial charge is 0.252 e. The summed E-state index contributed by atoms with van der Waals surface area (Å²) in [6.45, 7) is 0.532. The number of rotatable bonds is 5. The van der Waals surface area contributed by atoms with Gasteiger partial charge in [-0.25, -0.2) is 4.39 Å². The molecule has 0 atom stereocenters. The average molecular weight is 335 g/mol. The lowest BCUT2D eigenvalue weighted by molar-refractivity contribution is 0.0948. The summed E-state index contributed by atoms with van der Waals surface area (Å²) >= 11 is 0. The second-order valence-corrected chi connectivity index (χ2v) is 6.15. The number of carbonyl (C=O) groups is 1. The molecule has 4 heteroatoms. The number of nitrogens with one attached hydrogen (secondary N) is 1. The molecular formula is C21H18FNO2. The van der Waals surface area contributed by atoms with Crippen molar-refractivity contribution in [1.29, 1.82) is 0 Å². The monoisotopic (exact) mass is 335 g/mol. The van der Waals surface area contributed by atoms with Gasteiger partial charge in [-0.15, -0.1) is 0 Å². The molecule has 0 unspecified atom stereocenters. The quantitative estimate of drug-likeness (QED) is 0.719. The van der Waals surface area contributed by atoms with Crippen molar-refractivity contribution in [3.63, 3.8) is 0 Å². The van der Waals surface area contributed by atoms with Crippen LogP contribution in [0.25, 0.3) is 10.8 Å². The van der Waals surface area contributed by atoms with E-state index in [1.807, 2.05) is 24.3 Å². The Labute approximate surface area is 145 Å². The zero-order valence-corrected chi connectivity index (χ0v) is 13.7. The molecule has 3 nitrogen and oxygen atoms in total. The lowest BCUT2D eigenvalue weighted by Gasteiger charge is -2.11. The minimum atomic E-state index is -0.402. The summed E-state index contributed by atoms with van der Waals surface area (Å²) in [5, 5.41) is 5.07. The fraction of sp³-hybridized carbons (Fsp3) is 0.190. The lowest BCUT2D eigenvalue weighted by atomic mass is 9.99. The summed E-state index contributed by atoms with van der Waals surface area (Å²) in [6, 6.07) is 16.3. The first kappa shape index (κ1) is 15.6. The topological polar surface area (TPSA) is 38.3 Å². The number of hydrogen-bond donors (Lipinski definition) is 1. The highest BCUT2D eigenvalue weighted by atomic mass is 19.1. The van der Waals surface area contributed by atoms with Crippen molar-refractivity contribution in [2.24, 2.45) is 0 Å². The Bertz CT molecular complexity index is 942. The van der Waals surface area contributed by atoms with E-state index < -0.39 is 5.82 Å². The van der Waals surface area contributed by atoms with E-state index in [2.05, 4.69) is 11.4 Å². The first-order valence-corrected chi connectivity index (χ1v) is 8.43. The Morgan fingerprint density at radius 3 is 2.64 bits per heavy atom. The molecule has 0 aliphatic heterocycles. The number of benzene rings is 3. The van der Waals surface area contributed by atoms with E-state index in [0.717, 1.165) is 18.2 Å². The standard InChI is InChI=1S/C21H18FNO2/c22-18-6-1-2-7-19(18)25-13-12-23-21(24)17-11-10-15-9-8-14-4-3-5-16(17)20(14)15/h1-7,10-11H,8-9,12-13H2,(H,23,24). The molecule has 1 amide bonds. The summed E-state index contributed by atoms with van der Waals surface area (Å²) < 4.78 is 18.9. The molecular weight excluding hydrogens is 317 g/mol. The molecule has 1 aliphatic rings. The van der Waals surface area contributed by atoms with Gasteiger partial charge in [0.25, 0.3) is 5.91 Å². The van der Waals surface area contributed by atoms with Crippen LogP contribution in [-0.4, -0.2) is 19.1 Å².